The number of nitrogens with one attached hydrogen (secondary N) is 1. The molecule has 1 aliphatic heterocycles. The van der Waals surface area contributed by atoms with E-state index in [9.17, 15) is 4.79 Å². The molecule has 1 heterocycles. The number of benzene rings is 1. The zero-order chi connectivity index (χ0) is 13.1. The van der Waals surface area contributed by atoms with Crippen LogP contribution in [0.25, 0.3) is 0 Å². The van der Waals surface area contributed by atoms with Gasteiger partial charge in [-0.2, -0.15) is 0 Å². The van der Waals surface area contributed by atoms with E-state index in [1.165, 1.54) is 12.7 Å². The third-order valence-electron chi connectivity index (χ3n) is 3.69. The maximum absolute atomic E-state index is 11.3. The second kappa shape index (κ2) is 5.50. The summed E-state index contributed by atoms with van der Waals surface area (Å²) in [5, 5.41) is 3.41. The van der Waals surface area contributed by atoms with Gasteiger partial charge in [-0.1, -0.05) is 12.1 Å². The van der Waals surface area contributed by atoms with E-state index in [0.29, 0.717) is 17.5 Å². The largest absolute Gasteiger partial charge is 0.465 e. The quantitative estimate of drug-likeness (QED) is 0.774. The van der Waals surface area contributed by atoms with E-state index < -0.39 is 0 Å². The smallest absolute Gasteiger partial charge is 0.337 e. The molecule has 0 radical (unpaired) electrons. The average Bonchev–Trinajstić information content (AvgIpc) is 2.41. The van der Waals surface area contributed by atoms with Gasteiger partial charge in [0.25, 0.3) is 0 Å². The Kier molecular flexibility index (Phi) is 3.99. The molecule has 1 saturated heterocycles. The van der Waals surface area contributed by atoms with E-state index in [2.05, 4.69) is 17.0 Å². The van der Waals surface area contributed by atoms with Gasteiger partial charge in [0.15, 0.2) is 0 Å². The minimum absolute atomic E-state index is 0.184. The highest BCUT2D eigenvalue weighted by Gasteiger charge is 2.25. The maximum Gasteiger partial charge on any atom is 0.337 e. The molecule has 18 heavy (non-hydrogen) atoms. The van der Waals surface area contributed by atoms with Crippen molar-refractivity contribution in [2.45, 2.75) is 31.3 Å². The van der Waals surface area contributed by atoms with Crippen LogP contribution >= 0.6 is 0 Å². The van der Waals surface area contributed by atoms with Crippen molar-refractivity contribution in [3.63, 3.8) is 0 Å². The van der Waals surface area contributed by atoms with E-state index in [0.717, 1.165) is 13.0 Å². The van der Waals surface area contributed by atoms with Crippen LogP contribution in [0.3, 0.4) is 0 Å². The highest BCUT2D eigenvalue weighted by molar-refractivity contribution is 5.89. The first-order valence-electron chi connectivity index (χ1n) is 6.29. The average molecular weight is 248 g/mol. The number of piperidine rings is 1. The lowest BCUT2D eigenvalue weighted by atomic mass is 9.86. The Balaban J connectivity index is 2.08. The number of esters is 1. The lowest BCUT2D eigenvalue weighted by Gasteiger charge is -2.33. The van der Waals surface area contributed by atoms with Gasteiger partial charge in [0.1, 0.15) is 0 Å². The predicted molar refractivity (Wildman–Crippen MR) is 70.6 cm³/mol. The number of nitrogens with two attached hydrogens (primary N) is 1. The Labute approximate surface area is 108 Å². The molecule has 1 aromatic rings. The van der Waals surface area contributed by atoms with Gasteiger partial charge in [-0.05, 0) is 37.0 Å². The van der Waals surface area contributed by atoms with Gasteiger partial charge < -0.3 is 15.8 Å². The molecule has 0 saturated carbocycles. The summed E-state index contributed by atoms with van der Waals surface area (Å²) in [6, 6.07) is 8.15. The normalized spacial score (nSPS) is 27.8. The fourth-order valence-corrected chi connectivity index (χ4v) is 2.36. The van der Waals surface area contributed by atoms with Crippen LogP contribution in [-0.2, 0) is 4.74 Å². The molecule has 0 aliphatic carbocycles. The van der Waals surface area contributed by atoms with E-state index in [4.69, 9.17) is 5.73 Å². The Hall–Kier alpha value is -1.39. The molecule has 3 unspecified atom stereocenters. The minimum Gasteiger partial charge on any atom is -0.465 e. The summed E-state index contributed by atoms with van der Waals surface area (Å²) in [7, 11) is 1.39. The van der Waals surface area contributed by atoms with Crippen LogP contribution in [0.15, 0.2) is 24.3 Å². The third kappa shape index (κ3) is 2.71. The lowest BCUT2D eigenvalue weighted by Crippen LogP contribution is -2.50. The van der Waals surface area contributed by atoms with Gasteiger partial charge in [0.2, 0.25) is 0 Å². The van der Waals surface area contributed by atoms with Crippen LogP contribution in [0.4, 0.5) is 0 Å². The molecule has 1 fully saturated rings. The lowest BCUT2D eigenvalue weighted by molar-refractivity contribution is 0.0600. The molecular formula is C14H20N2O2. The molecule has 3 N–H and O–H groups in total. The summed E-state index contributed by atoms with van der Waals surface area (Å²) in [4.78, 5) is 11.3. The first kappa shape index (κ1) is 13.1. The number of carbonyl (C=O) groups is 1. The second-order valence-corrected chi connectivity index (χ2v) is 4.91. The van der Waals surface area contributed by atoms with Gasteiger partial charge in [-0.25, -0.2) is 4.79 Å². The number of carbonyl (C=O) groups excluding carboxylic acids is 1. The summed E-state index contributed by atoms with van der Waals surface area (Å²) in [6.07, 6.45) is 0.978. The topological polar surface area (TPSA) is 64.3 Å². The van der Waals surface area contributed by atoms with Crippen molar-refractivity contribution in [3.8, 4) is 0 Å². The SMILES string of the molecule is COC(=O)c1ccc(C2CNC(C)C(N)C2)cc1. The van der Waals surface area contributed by atoms with E-state index in [-0.39, 0.29) is 12.0 Å². The standard InChI is InChI=1S/C14H20N2O2/c1-9-13(15)7-12(8-16-9)10-3-5-11(6-4-10)14(17)18-2/h3-6,9,12-13,16H,7-8,15H2,1-2H3. The molecule has 2 rings (SSSR count). The van der Waals surface area contributed by atoms with Crippen molar-refractivity contribution in [1.82, 2.24) is 5.32 Å². The summed E-state index contributed by atoms with van der Waals surface area (Å²) < 4.78 is 4.68. The Morgan fingerprint density at radius 3 is 2.61 bits per heavy atom. The maximum atomic E-state index is 11.3. The fraction of sp³-hybridized carbons (Fsp3) is 0.500. The molecule has 0 amide bonds. The summed E-state index contributed by atoms with van der Waals surface area (Å²) in [6.45, 7) is 3.05. The van der Waals surface area contributed by atoms with Crippen LogP contribution in [-0.4, -0.2) is 31.7 Å². The molecular weight excluding hydrogens is 228 g/mol. The molecule has 0 aromatic heterocycles. The van der Waals surface area contributed by atoms with Gasteiger partial charge in [-0.15, -0.1) is 0 Å². The van der Waals surface area contributed by atoms with Crippen molar-refractivity contribution in [1.29, 1.82) is 0 Å². The van der Waals surface area contributed by atoms with Crippen LogP contribution in [0.5, 0.6) is 0 Å². The van der Waals surface area contributed by atoms with Crippen molar-refractivity contribution in [2.24, 2.45) is 5.73 Å². The van der Waals surface area contributed by atoms with Crippen LogP contribution in [0, 0.1) is 0 Å². The third-order valence-corrected chi connectivity index (χ3v) is 3.69. The molecule has 4 heteroatoms. The fourth-order valence-electron chi connectivity index (χ4n) is 2.36. The van der Waals surface area contributed by atoms with E-state index >= 15 is 0 Å². The number of rotatable bonds is 2. The number of methoxy groups -OCH3 is 1. The van der Waals surface area contributed by atoms with Crippen LogP contribution < -0.4 is 11.1 Å². The Morgan fingerprint density at radius 1 is 1.39 bits per heavy atom. The minimum atomic E-state index is -0.298. The molecule has 1 aromatic carbocycles. The number of hydrogen-bond acceptors (Lipinski definition) is 4. The summed E-state index contributed by atoms with van der Waals surface area (Å²) in [5.74, 6) is 0.122. The van der Waals surface area contributed by atoms with Crippen molar-refractivity contribution < 1.29 is 9.53 Å². The van der Waals surface area contributed by atoms with Crippen molar-refractivity contribution in [3.05, 3.63) is 35.4 Å². The molecule has 1 aliphatic rings. The van der Waals surface area contributed by atoms with Crippen molar-refractivity contribution in [2.75, 3.05) is 13.7 Å². The summed E-state index contributed by atoms with van der Waals surface area (Å²) >= 11 is 0. The molecule has 0 bridgehead atoms. The van der Waals surface area contributed by atoms with Gasteiger partial charge in [0.05, 0.1) is 12.7 Å². The zero-order valence-electron chi connectivity index (χ0n) is 10.8. The first-order valence-corrected chi connectivity index (χ1v) is 6.29. The highest BCUT2D eigenvalue weighted by Crippen LogP contribution is 2.25. The van der Waals surface area contributed by atoms with Crippen LogP contribution in [0.2, 0.25) is 0 Å². The Morgan fingerprint density at radius 2 is 2.06 bits per heavy atom. The molecule has 4 nitrogen and oxygen atoms in total. The summed E-state index contributed by atoms with van der Waals surface area (Å²) in [5.41, 5.74) is 7.87. The zero-order valence-corrected chi connectivity index (χ0v) is 10.8. The van der Waals surface area contributed by atoms with Gasteiger partial charge in [-0.3, -0.25) is 0 Å². The molecule has 98 valence electrons. The van der Waals surface area contributed by atoms with Gasteiger partial charge in [0, 0.05) is 18.6 Å². The van der Waals surface area contributed by atoms with Gasteiger partial charge >= 0.3 is 5.97 Å². The monoisotopic (exact) mass is 248 g/mol. The highest BCUT2D eigenvalue weighted by atomic mass is 16.5. The number of hydrogen-bond donors (Lipinski definition) is 2. The molecule has 0 spiro atoms. The predicted octanol–water partition coefficient (Wildman–Crippen LogP) is 1.27. The Bertz CT molecular complexity index is 416. The van der Waals surface area contributed by atoms with E-state index in [1.54, 1.807) is 0 Å². The van der Waals surface area contributed by atoms with Crippen molar-refractivity contribution >= 4 is 5.97 Å². The first-order chi connectivity index (χ1) is 8.61. The molecule has 3 atom stereocenters. The van der Waals surface area contributed by atoms with E-state index in [1.807, 2.05) is 24.3 Å². The van der Waals surface area contributed by atoms with Crippen LogP contribution in [0.1, 0.15) is 35.2 Å². The number of ether oxygens (including phenoxy) is 1. The second-order valence-electron chi connectivity index (χ2n) is 4.91.